The van der Waals surface area contributed by atoms with E-state index in [-0.39, 0.29) is 13.8 Å². The van der Waals surface area contributed by atoms with Gasteiger partial charge < -0.3 is 5.32 Å². The molecule has 2 rings (SSSR count). The summed E-state index contributed by atoms with van der Waals surface area (Å²) in [5.41, 5.74) is 4.03. The molecule has 0 aliphatic heterocycles. The van der Waals surface area contributed by atoms with Gasteiger partial charge in [0.05, 0.1) is 5.92 Å². The van der Waals surface area contributed by atoms with E-state index in [0.717, 1.165) is 32.7 Å². The number of hydrogen-bond donors (Lipinski definition) is 1. The van der Waals surface area contributed by atoms with Gasteiger partial charge in [-0.05, 0) is 71.2 Å². The van der Waals surface area contributed by atoms with Crippen LogP contribution in [0.3, 0.4) is 0 Å². The number of rotatable bonds is 5. The minimum atomic E-state index is -1.04. The molecule has 0 saturated heterocycles. The summed E-state index contributed by atoms with van der Waals surface area (Å²) >= 11 is 0. The standard InChI is InChI=1S/C22H26FN3O.C2H6.H2/c1-7-16-8-17(14(3)13(2)12-24-5)9-18(15(16)4)10-21(25-6)26-22(27)19-11-20(19)23;1-2;/h7-10,12,19-20H,1,4,11H2,2-3,5-6H3,(H,25,26,27);1-2H3;1H/b14-13+,18-10-,24-12?;;/t19-,20+;;/m1../s1. The number of carbonyl (C=O) groups is 1. The van der Waals surface area contributed by atoms with Gasteiger partial charge in [-0.3, -0.25) is 14.8 Å². The summed E-state index contributed by atoms with van der Waals surface area (Å²) in [6.07, 6.45) is 4.55. The van der Waals surface area contributed by atoms with Crippen LogP contribution in [0.15, 0.2) is 34.3 Å². The molecule has 5 heteroatoms. The Bertz CT molecular complexity index is 963. The second kappa shape index (κ2) is 11.2. The lowest BCUT2D eigenvalue weighted by Crippen LogP contribution is -2.35. The maximum Gasteiger partial charge on any atom is 0.231 e. The fraction of sp³-hybridized carbons (Fsp3) is 0.375. The number of benzene rings is 1. The highest BCUT2D eigenvalue weighted by Gasteiger charge is 2.43. The highest BCUT2D eigenvalue weighted by molar-refractivity contribution is 6.15. The van der Waals surface area contributed by atoms with E-state index in [1.807, 2.05) is 46.0 Å². The smallest absolute Gasteiger partial charge is 0.231 e. The van der Waals surface area contributed by atoms with Crippen molar-refractivity contribution in [2.75, 3.05) is 14.1 Å². The van der Waals surface area contributed by atoms with Crippen molar-refractivity contribution in [3.05, 3.63) is 45.8 Å². The number of allylic oxidation sites excluding steroid dienone is 2. The summed E-state index contributed by atoms with van der Waals surface area (Å²) in [6.45, 7) is 16.0. The molecule has 0 bridgehead atoms. The zero-order chi connectivity index (χ0) is 22.1. The van der Waals surface area contributed by atoms with E-state index < -0.39 is 12.1 Å². The lowest BCUT2D eigenvalue weighted by atomic mass is 9.98. The first kappa shape index (κ1) is 24.2. The highest BCUT2D eigenvalue weighted by atomic mass is 19.1. The van der Waals surface area contributed by atoms with E-state index in [1.54, 1.807) is 26.2 Å². The number of nitrogens with zero attached hydrogens (tertiary/aromatic N) is 2. The molecule has 1 N–H and O–H groups in total. The number of amides is 1. The second-order valence-corrected chi connectivity index (χ2v) is 6.63. The van der Waals surface area contributed by atoms with Crippen molar-refractivity contribution in [2.45, 2.75) is 40.3 Å². The van der Waals surface area contributed by atoms with Gasteiger partial charge in [0.1, 0.15) is 12.0 Å². The van der Waals surface area contributed by atoms with Crippen LogP contribution in [0.25, 0.3) is 24.3 Å². The SMILES string of the molecule is C=Cc1cc(/C(C)=C(\C)C=NC)c/c(=C/C(=NC)NC(=O)[C@@H]2C[C@@H]2F)c1=C.CC.[HH]. The van der Waals surface area contributed by atoms with Gasteiger partial charge in [0.15, 0.2) is 0 Å². The normalized spacial score (nSPS) is 20.0. The van der Waals surface area contributed by atoms with Crippen molar-refractivity contribution in [1.29, 1.82) is 0 Å². The number of hydrogen-bond acceptors (Lipinski definition) is 3. The molecule has 1 aromatic carbocycles. The van der Waals surface area contributed by atoms with Crippen molar-refractivity contribution in [1.82, 2.24) is 5.32 Å². The van der Waals surface area contributed by atoms with Gasteiger partial charge in [0.25, 0.3) is 0 Å². The number of aliphatic imine (C=N–C) groups is 2. The number of alkyl halides is 1. The molecule has 1 aliphatic rings. The Morgan fingerprint density at radius 2 is 1.93 bits per heavy atom. The van der Waals surface area contributed by atoms with Crippen molar-refractivity contribution >= 4 is 42.3 Å². The number of nitrogens with one attached hydrogen (secondary N) is 1. The molecule has 29 heavy (non-hydrogen) atoms. The van der Waals surface area contributed by atoms with Crippen LogP contribution >= 0.6 is 0 Å². The molecule has 0 radical (unpaired) electrons. The van der Waals surface area contributed by atoms with Crippen LogP contribution < -0.4 is 15.8 Å². The van der Waals surface area contributed by atoms with Gasteiger partial charge in [-0.15, -0.1) is 0 Å². The van der Waals surface area contributed by atoms with E-state index >= 15 is 0 Å². The van der Waals surface area contributed by atoms with Crippen LogP contribution in [0.5, 0.6) is 0 Å². The molecule has 158 valence electrons. The topological polar surface area (TPSA) is 53.8 Å². The summed E-state index contributed by atoms with van der Waals surface area (Å²) in [5, 5.41) is 4.29. The van der Waals surface area contributed by atoms with Crippen LogP contribution in [0.4, 0.5) is 4.39 Å². The van der Waals surface area contributed by atoms with Crippen molar-refractivity contribution in [2.24, 2.45) is 15.9 Å². The van der Waals surface area contributed by atoms with E-state index in [9.17, 15) is 9.18 Å². The van der Waals surface area contributed by atoms with Crippen LogP contribution in [0, 0.1) is 5.92 Å². The first-order chi connectivity index (χ1) is 13.8. The number of amidine groups is 1. The van der Waals surface area contributed by atoms with Gasteiger partial charge in [-0.2, -0.15) is 0 Å². The third-order valence-electron chi connectivity index (χ3n) is 4.72. The monoisotopic (exact) mass is 399 g/mol. The molecule has 0 aromatic heterocycles. The molecule has 1 saturated carbocycles. The molecule has 1 amide bonds. The maximum atomic E-state index is 13.1. The van der Waals surface area contributed by atoms with Gasteiger partial charge in [-0.25, -0.2) is 4.39 Å². The van der Waals surface area contributed by atoms with Crippen molar-refractivity contribution in [3.63, 3.8) is 0 Å². The van der Waals surface area contributed by atoms with Crippen molar-refractivity contribution < 1.29 is 10.6 Å². The summed E-state index contributed by atoms with van der Waals surface area (Å²) in [7, 11) is 3.32. The van der Waals surface area contributed by atoms with E-state index in [4.69, 9.17) is 0 Å². The quantitative estimate of drug-likeness (QED) is 0.594. The fourth-order valence-electron chi connectivity index (χ4n) is 2.72. The molecule has 1 aromatic rings. The second-order valence-electron chi connectivity index (χ2n) is 6.63. The average Bonchev–Trinajstić information content (AvgIpc) is 3.46. The predicted molar refractivity (Wildman–Crippen MR) is 126 cm³/mol. The Labute approximate surface area is 174 Å². The van der Waals surface area contributed by atoms with Gasteiger partial charge >= 0.3 is 0 Å². The zero-order valence-corrected chi connectivity index (χ0v) is 18.3. The molecule has 0 spiro atoms. The van der Waals surface area contributed by atoms with Crippen LogP contribution in [0.1, 0.15) is 46.7 Å². The Morgan fingerprint density at radius 1 is 1.31 bits per heavy atom. The summed E-state index contributed by atoms with van der Waals surface area (Å²) < 4.78 is 13.1. The molecule has 1 fully saturated rings. The number of carbonyl (C=O) groups excluding carboxylic acids is 1. The van der Waals surface area contributed by atoms with E-state index in [1.165, 1.54) is 0 Å². The zero-order valence-electron chi connectivity index (χ0n) is 18.3. The molecule has 2 atom stereocenters. The van der Waals surface area contributed by atoms with Crippen LogP contribution in [-0.4, -0.2) is 38.2 Å². The fourth-order valence-corrected chi connectivity index (χ4v) is 2.72. The summed E-state index contributed by atoms with van der Waals surface area (Å²) in [6, 6.07) is 4.01. The van der Waals surface area contributed by atoms with E-state index in [2.05, 4.69) is 28.5 Å². The average molecular weight is 400 g/mol. The Hall–Kier alpha value is -2.82. The molecule has 4 nitrogen and oxygen atoms in total. The van der Waals surface area contributed by atoms with Gasteiger partial charge in [-0.1, -0.05) is 33.1 Å². The van der Waals surface area contributed by atoms with Crippen LogP contribution in [0.2, 0.25) is 0 Å². The summed E-state index contributed by atoms with van der Waals surface area (Å²) in [4.78, 5) is 20.2. The largest absolute Gasteiger partial charge is 0.311 e. The predicted octanol–water partition coefficient (Wildman–Crippen LogP) is 3.79. The number of halogens is 1. The first-order valence-corrected chi connectivity index (χ1v) is 9.81. The van der Waals surface area contributed by atoms with E-state index in [0.29, 0.717) is 5.84 Å². The molecular formula is C24H34FN3O. The highest BCUT2D eigenvalue weighted by Crippen LogP contribution is 2.33. The minimum absolute atomic E-state index is 0. The first-order valence-electron chi connectivity index (χ1n) is 9.81. The molecule has 0 unspecified atom stereocenters. The molecular weight excluding hydrogens is 365 g/mol. The Kier molecular flexibility index (Phi) is 9.39. The maximum absolute atomic E-state index is 13.1. The van der Waals surface area contributed by atoms with Crippen molar-refractivity contribution in [3.8, 4) is 0 Å². The molecule has 1 aliphatic carbocycles. The summed E-state index contributed by atoms with van der Waals surface area (Å²) in [5.74, 6) is -0.522. The third kappa shape index (κ3) is 6.34. The van der Waals surface area contributed by atoms with Gasteiger partial charge in [0, 0.05) is 21.7 Å². The lowest BCUT2D eigenvalue weighted by Gasteiger charge is -2.09. The molecule has 0 heterocycles. The third-order valence-corrected chi connectivity index (χ3v) is 4.72. The Morgan fingerprint density at radius 3 is 2.41 bits per heavy atom. The minimum Gasteiger partial charge on any atom is -0.311 e. The lowest BCUT2D eigenvalue weighted by molar-refractivity contribution is -0.121. The van der Waals surface area contributed by atoms with Gasteiger partial charge in [0.2, 0.25) is 5.91 Å². The Balaban J connectivity index is 0.00000272. The van der Waals surface area contributed by atoms with Crippen LogP contribution in [-0.2, 0) is 4.79 Å².